The molecule has 1 atom stereocenters. The number of nitrogens with zero attached hydrogens (tertiary/aromatic N) is 4. The van der Waals surface area contributed by atoms with Gasteiger partial charge in [-0.1, -0.05) is 18.2 Å². The summed E-state index contributed by atoms with van der Waals surface area (Å²) in [5, 5.41) is 3.42. The van der Waals surface area contributed by atoms with Crippen LogP contribution in [0.1, 0.15) is 16.2 Å². The van der Waals surface area contributed by atoms with Crippen molar-refractivity contribution in [2.24, 2.45) is 0 Å². The van der Waals surface area contributed by atoms with E-state index in [0.29, 0.717) is 31.1 Å². The first-order valence-corrected chi connectivity index (χ1v) is 13.0. The fourth-order valence-corrected chi connectivity index (χ4v) is 5.93. The van der Waals surface area contributed by atoms with Gasteiger partial charge in [0.15, 0.2) is 5.01 Å². The van der Waals surface area contributed by atoms with Crippen molar-refractivity contribution in [3.05, 3.63) is 65.2 Å². The summed E-state index contributed by atoms with van der Waals surface area (Å²) in [6.45, 7) is 3.45. The standard InChI is InChI=1S/C27H27N5O3S/c1-35-23-5-3-2-4-21(23)22-15-19(14-18-6-7-28-25(18)22)32-17-20(16-24(32)33)30-9-11-31(12-10-30)27(34)26-29-8-13-36-26/h2-8,13-15,20,28H,9-12,16-17H2,1H3. The van der Waals surface area contributed by atoms with Crippen LogP contribution in [0.3, 0.4) is 0 Å². The average molecular weight is 502 g/mol. The van der Waals surface area contributed by atoms with E-state index in [-0.39, 0.29) is 17.9 Å². The Bertz CT molecular complexity index is 1410. The summed E-state index contributed by atoms with van der Waals surface area (Å²) in [5.41, 5.74) is 3.91. The van der Waals surface area contributed by atoms with Gasteiger partial charge in [-0.25, -0.2) is 4.98 Å². The van der Waals surface area contributed by atoms with Gasteiger partial charge in [-0.15, -0.1) is 11.3 Å². The first-order chi connectivity index (χ1) is 17.6. The van der Waals surface area contributed by atoms with Crippen LogP contribution in [0, 0.1) is 0 Å². The number of nitrogens with one attached hydrogen (secondary N) is 1. The maximum absolute atomic E-state index is 13.2. The van der Waals surface area contributed by atoms with Crippen LogP contribution in [0.5, 0.6) is 5.75 Å². The lowest BCUT2D eigenvalue weighted by molar-refractivity contribution is -0.117. The molecule has 2 saturated heterocycles. The zero-order valence-electron chi connectivity index (χ0n) is 20.0. The Hall–Kier alpha value is -3.69. The van der Waals surface area contributed by atoms with Crippen molar-refractivity contribution in [2.45, 2.75) is 12.5 Å². The first kappa shape index (κ1) is 22.8. The van der Waals surface area contributed by atoms with E-state index < -0.39 is 0 Å². The van der Waals surface area contributed by atoms with E-state index in [4.69, 9.17) is 4.74 Å². The van der Waals surface area contributed by atoms with E-state index in [9.17, 15) is 9.59 Å². The topological polar surface area (TPSA) is 81.8 Å². The Balaban J connectivity index is 1.22. The number of hydrogen-bond donors (Lipinski definition) is 1. The van der Waals surface area contributed by atoms with Crippen molar-refractivity contribution in [3.8, 4) is 16.9 Å². The summed E-state index contributed by atoms with van der Waals surface area (Å²) in [6, 6.07) is 14.3. The highest BCUT2D eigenvalue weighted by molar-refractivity contribution is 7.11. The molecule has 0 bridgehead atoms. The Morgan fingerprint density at radius 3 is 2.72 bits per heavy atom. The average Bonchev–Trinajstić information content (AvgIpc) is 3.69. The van der Waals surface area contributed by atoms with Gasteiger partial charge in [0.25, 0.3) is 5.91 Å². The maximum atomic E-state index is 13.2. The molecule has 1 unspecified atom stereocenters. The van der Waals surface area contributed by atoms with Gasteiger partial charge in [-0.05, 0) is 24.3 Å². The summed E-state index contributed by atoms with van der Waals surface area (Å²) < 4.78 is 5.62. The zero-order valence-corrected chi connectivity index (χ0v) is 20.8. The van der Waals surface area contributed by atoms with E-state index in [2.05, 4.69) is 27.0 Å². The number of rotatable bonds is 5. The number of benzene rings is 2. The lowest BCUT2D eigenvalue weighted by Crippen LogP contribution is -2.52. The molecule has 2 fully saturated rings. The second-order valence-corrected chi connectivity index (χ2v) is 10.1. The highest BCUT2D eigenvalue weighted by atomic mass is 32.1. The van der Waals surface area contributed by atoms with Gasteiger partial charge >= 0.3 is 0 Å². The predicted octanol–water partition coefficient (Wildman–Crippen LogP) is 3.86. The van der Waals surface area contributed by atoms with E-state index in [0.717, 1.165) is 46.6 Å². The second-order valence-electron chi connectivity index (χ2n) is 9.16. The number of aromatic amines is 1. The number of aromatic nitrogens is 2. The summed E-state index contributed by atoms with van der Waals surface area (Å²) in [4.78, 5) is 39.5. The minimum atomic E-state index is -0.00236. The number of piperazine rings is 1. The molecule has 6 rings (SSSR count). The fourth-order valence-electron chi connectivity index (χ4n) is 5.33. The van der Waals surface area contributed by atoms with Crippen LogP contribution in [0.4, 0.5) is 5.69 Å². The van der Waals surface area contributed by atoms with E-state index >= 15 is 0 Å². The van der Waals surface area contributed by atoms with Crippen molar-refractivity contribution >= 4 is 39.7 Å². The number of hydrogen-bond acceptors (Lipinski definition) is 6. The molecule has 9 heteroatoms. The molecule has 4 heterocycles. The molecule has 0 spiro atoms. The quantitative estimate of drug-likeness (QED) is 0.449. The Labute approximate surface area is 213 Å². The monoisotopic (exact) mass is 501 g/mol. The van der Waals surface area contributed by atoms with Crippen molar-refractivity contribution in [2.75, 3.05) is 44.7 Å². The first-order valence-electron chi connectivity index (χ1n) is 12.1. The van der Waals surface area contributed by atoms with Gasteiger partial charge in [0.1, 0.15) is 5.75 Å². The largest absolute Gasteiger partial charge is 0.496 e. The van der Waals surface area contributed by atoms with Gasteiger partial charge in [0.05, 0.1) is 12.6 Å². The minimum Gasteiger partial charge on any atom is -0.496 e. The number of fused-ring (bicyclic) bond motifs is 1. The third-order valence-corrected chi connectivity index (χ3v) is 7.95. The van der Waals surface area contributed by atoms with Gasteiger partial charge in [0, 0.05) is 85.2 Å². The number of para-hydroxylation sites is 1. The number of H-pyrrole nitrogens is 1. The van der Waals surface area contributed by atoms with Gasteiger partial charge < -0.3 is 19.5 Å². The molecule has 2 aromatic carbocycles. The normalized spacial score (nSPS) is 18.8. The van der Waals surface area contributed by atoms with Gasteiger partial charge in [-0.2, -0.15) is 0 Å². The second kappa shape index (κ2) is 9.40. The van der Waals surface area contributed by atoms with Crippen LogP contribution in [-0.2, 0) is 4.79 Å². The highest BCUT2D eigenvalue weighted by Crippen LogP contribution is 2.38. The van der Waals surface area contributed by atoms with Crippen LogP contribution >= 0.6 is 11.3 Å². The van der Waals surface area contributed by atoms with Gasteiger partial charge in [-0.3, -0.25) is 14.5 Å². The summed E-state index contributed by atoms with van der Waals surface area (Å²) >= 11 is 1.37. The minimum absolute atomic E-state index is 0.00236. The lowest BCUT2D eigenvalue weighted by atomic mass is 10.0. The number of anilines is 1. The number of thiazole rings is 1. The van der Waals surface area contributed by atoms with Crippen LogP contribution < -0.4 is 9.64 Å². The van der Waals surface area contributed by atoms with E-state index in [1.807, 2.05) is 51.7 Å². The van der Waals surface area contributed by atoms with Crippen LogP contribution in [-0.4, -0.2) is 77.5 Å². The van der Waals surface area contributed by atoms with E-state index in [1.165, 1.54) is 11.3 Å². The van der Waals surface area contributed by atoms with Crippen LogP contribution in [0.15, 0.2) is 60.2 Å². The van der Waals surface area contributed by atoms with Crippen molar-refractivity contribution in [1.29, 1.82) is 0 Å². The Morgan fingerprint density at radius 1 is 1.11 bits per heavy atom. The molecule has 2 aliphatic heterocycles. The molecular formula is C27H27N5O3S. The number of ether oxygens (including phenoxy) is 1. The number of amides is 2. The molecule has 8 nitrogen and oxygen atoms in total. The SMILES string of the molecule is COc1ccccc1-c1cc(N2CC(N3CCN(C(=O)c4nccs4)CC3)CC2=O)cc2cc[nH]c12. The molecular weight excluding hydrogens is 474 g/mol. The molecule has 184 valence electrons. The van der Waals surface area contributed by atoms with E-state index in [1.54, 1.807) is 13.3 Å². The number of methoxy groups -OCH3 is 1. The third kappa shape index (κ3) is 4.04. The van der Waals surface area contributed by atoms with Crippen molar-refractivity contribution in [3.63, 3.8) is 0 Å². The van der Waals surface area contributed by atoms with Gasteiger partial charge in [0.2, 0.25) is 5.91 Å². The Morgan fingerprint density at radius 2 is 1.94 bits per heavy atom. The van der Waals surface area contributed by atoms with Crippen LogP contribution in [0.25, 0.3) is 22.0 Å². The fraction of sp³-hybridized carbons (Fsp3) is 0.296. The molecule has 2 aliphatic rings. The number of carbonyl (C=O) groups excluding carboxylic acids is 2. The molecule has 2 aromatic heterocycles. The smallest absolute Gasteiger partial charge is 0.282 e. The molecule has 4 aromatic rings. The molecule has 0 aliphatic carbocycles. The molecule has 0 saturated carbocycles. The highest BCUT2D eigenvalue weighted by Gasteiger charge is 2.36. The third-order valence-electron chi connectivity index (χ3n) is 7.19. The predicted molar refractivity (Wildman–Crippen MR) is 141 cm³/mol. The Kier molecular flexibility index (Phi) is 5.94. The molecule has 1 N–H and O–H groups in total. The molecule has 0 radical (unpaired) electrons. The number of carbonyl (C=O) groups is 2. The van der Waals surface area contributed by atoms with Crippen molar-refractivity contribution in [1.82, 2.24) is 19.8 Å². The van der Waals surface area contributed by atoms with Crippen molar-refractivity contribution < 1.29 is 14.3 Å². The zero-order chi connectivity index (χ0) is 24.6. The molecule has 2 amide bonds. The molecule has 36 heavy (non-hydrogen) atoms. The maximum Gasteiger partial charge on any atom is 0.282 e. The van der Waals surface area contributed by atoms with Crippen LogP contribution in [0.2, 0.25) is 0 Å². The lowest BCUT2D eigenvalue weighted by Gasteiger charge is -2.37. The summed E-state index contributed by atoms with van der Waals surface area (Å²) in [6.07, 6.45) is 4.07. The summed E-state index contributed by atoms with van der Waals surface area (Å²) in [5.74, 6) is 0.918. The summed E-state index contributed by atoms with van der Waals surface area (Å²) in [7, 11) is 1.67.